The molecule has 0 unspecified atom stereocenters. The van der Waals surface area contributed by atoms with Gasteiger partial charge in [-0.15, -0.1) is 0 Å². The summed E-state index contributed by atoms with van der Waals surface area (Å²) < 4.78 is 80.0. The summed E-state index contributed by atoms with van der Waals surface area (Å²) in [6, 6.07) is 24.4. The highest BCUT2D eigenvalue weighted by Crippen LogP contribution is 2.75. The van der Waals surface area contributed by atoms with Crippen LogP contribution < -0.4 is 20.9 Å². The molecule has 17 rings (SSSR count). The highest BCUT2D eigenvalue weighted by molar-refractivity contribution is 8.55. The first-order valence-electron chi connectivity index (χ1n) is 46.7. The second-order valence-corrected chi connectivity index (χ2v) is 61.7. The number of thioether (sulfide) groups is 24. The summed E-state index contributed by atoms with van der Waals surface area (Å²) in [5.41, 5.74) is 0. The topological polar surface area (TPSA) is 73.8 Å². The van der Waals surface area contributed by atoms with E-state index < -0.39 is 0 Å². The molecule has 0 bridgehead atoms. The van der Waals surface area contributed by atoms with Crippen molar-refractivity contribution in [2.45, 2.75) is 261 Å². The summed E-state index contributed by atoms with van der Waals surface area (Å²) in [7, 11) is 0. The van der Waals surface area contributed by atoms with Crippen molar-refractivity contribution in [3.05, 3.63) is 190 Å². The zero-order chi connectivity index (χ0) is 89.1. The molecule has 0 amide bonds. The van der Waals surface area contributed by atoms with Gasteiger partial charge in [0.15, 0.2) is 0 Å². The predicted molar refractivity (Wildman–Crippen MR) is 616 cm³/mol. The smallest absolute Gasteiger partial charge is 0.208 e. The van der Waals surface area contributed by atoms with E-state index in [4.69, 9.17) is 37.9 Å². The van der Waals surface area contributed by atoms with Crippen LogP contribution in [0.2, 0.25) is 0 Å². The minimum Gasteiger partial charge on any atom is -0.483 e. The summed E-state index contributed by atoms with van der Waals surface area (Å²) in [5.74, 6) is 0. The van der Waals surface area contributed by atoms with Gasteiger partial charge in [-0.1, -0.05) is 446 Å². The van der Waals surface area contributed by atoms with Gasteiger partial charge < -0.3 is 37.9 Å². The second-order valence-electron chi connectivity index (χ2n) is 32.3. The SMILES string of the molecule is CCCCCCOC1=C(OCCCCCC)SC(=C2SC3=C(S2)SC(=c2c4ccccc4c(=C4SC5=C(SC(=C6SC(OCCCCCC)=C(OCCCCCC)S6)S5)S4)c4cc5c(=C6SC7=C(SC(=C8SC(OCCCCCC)=C(OCCCCCC)S8)S7)S6)c6ccccc6c(=C6SC7=C(SC(=C8SC(OCCCCCC)=C(OCCCCCC)S8)S7)S6)c5cc24)S3)S1. The molecule has 5 aromatic carbocycles. The molecule has 32 heteroatoms. The Morgan fingerprint density at radius 1 is 0.146 bits per heavy atom. The minimum atomic E-state index is 0.716. The van der Waals surface area contributed by atoms with Crippen molar-refractivity contribution in [3.8, 4) is 0 Å². The number of rotatable bonds is 48. The molecule has 8 nitrogen and oxygen atoms in total. The van der Waals surface area contributed by atoms with Crippen molar-refractivity contribution in [1.29, 1.82) is 0 Å². The van der Waals surface area contributed by atoms with Gasteiger partial charge in [0.25, 0.3) is 0 Å². The second kappa shape index (κ2) is 52.0. The third kappa shape index (κ3) is 25.4. The first-order valence-corrected chi connectivity index (χ1v) is 66.3. The normalized spacial score (nSPS) is 18.8. The van der Waals surface area contributed by atoms with Crippen LogP contribution in [0.1, 0.15) is 261 Å². The number of benzene rings is 5. The van der Waals surface area contributed by atoms with Crippen LogP contribution in [0.15, 0.2) is 169 Å². The van der Waals surface area contributed by atoms with Gasteiger partial charge in [-0.3, -0.25) is 0 Å². The average Bonchev–Trinajstić information content (AvgIpc) is 1.21. The molecule has 130 heavy (non-hydrogen) atoms. The Balaban J connectivity index is 0.781. The standard InChI is InChI=1S/C98H114O8S24/c1-9-17-25-37-49-99-71-72(100-50-38-26-18-10-2)108-83(107-71)87-123-91-92(124-87)116-79(115-91)67-59-45-33-34-46-60(59)68(80-117-93-94(118-80)126-88(125-93)84-109-73(101-51-39-27-19-11-3)74(110-84)102-52-40-28-20-12-4)64-58-66-65(57-63(64)67)69(81-119-95-96(120-81)128-89(127-95)85-111-75(103-53-41-29-21-13-5)76(112-85)104-54-42-30-22-14-6)61-47-35-36-48-62(61)70(66)82-121-97-98(122-82)130-90(129-97)86-113-77(105-55-43-31-23-15-7)78(114-86)106-56-44-32-24-16-8/h33-36,45-48,57-58H,9-32,37-44,49-56H2,1-8H3. The van der Waals surface area contributed by atoms with E-state index in [1.54, 1.807) is 94.1 Å². The van der Waals surface area contributed by atoms with Crippen molar-refractivity contribution in [3.63, 3.8) is 0 Å². The predicted octanol–water partition coefficient (Wildman–Crippen LogP) is 38.6. The van der Waals surface area contributed by atoms with Gasteiger partial charge in [-0.25, -0.2) is 0 Å². The van der Waals surface area contributed by atoms with Crippen LogP contribution >= 0.6 is 282 Å². The van der Waals surface area contributed by atoms with Crippen LogP contribution in [-0.2, 0) is 37.9 Å². The maximum absolute atomic E-state index is 6.66. The third-order valence-electron chi connectivity index (χ3n) is 22.3. The van der Waals surface area contributed by atoms with E-state index in [1.165, 1.54) is 303 Å². The van der Waals surface area contributed by atoms with Crippen LogP contribution in [0.4, 0.5) is 0 Å². The van der Waals surface area contributed by atoms with Gasteiger partial charge in [0.2, 0.25) is 40.7 Å². The fraction of sp³-hybridized carbons (Fsp3) is 0.490. The van der Waals surface area contributed by atoms with Gasteiger partial charge in [0.1, 0.15) is 0 Å². The molecule has 12 aliphatic heterocycles. The molecule has 5 aromatic rings. The fourth-order valence-electron chi connectivity index (χ4n) is 15.5. The highest BCUT2D eigenvalue weighted by atomic mass is 32.3. The van der Waals surface area contributed by atoms with E-state index in [1.807, 2.05) is 188 Å². The van der Waals surface area contributed by atoms with Crippen molar-refractivity contribution in [1.82, 2.24) is 0 Å². The van der Waals surface area contributed by atoms with E-state index in [-0.39, 0.29) is 0 Å². The molecular weight excluding hydrogens is 2070 g/mol. The number of hydrogen-bond acceptors (Lipinski definition) is 32. The summed E-state index contributed by atoms with van der Waals surface area (Å²) in [4.78, 5) is 0. The van der Waals surface area contributed by atoms with Crippen molar-refractivity contribution in [2.75, 3.05) is 52.9 Å². The van der Waals surface area contributed by atoms with E-state index >= 15 is 0 Å². The van der Waals surface area contributed by atoms with Crippen LogP contribution in [0, 0.1) is 0 Å². The lowest BCUT2D eigenvalue weighted by atomic mass is 9.92. The molecule has 0 N–H and O–H groups in total. The number of fused-ring (bicyclic) bond motifs is 4. The van der Waals surface area contributed by atoms with Gasteiger partial charge >= 0.3 is 0 Å². The quantitative estimate of drug-likeness (QED) is 0.0274. The summed E-state index contributed by atoms with van der Waals surface area (Å²) in [5, 5.41) is 23.2. The Morgan fingerprint density at radius 3 is 0.415 bits per heavy atom. The third-order valence-corrected chi connectivity index (χ3v) is 56.4. The maximum Gasteiger partial charge on any atom is 0.208 e. The Morgan fingerprint density at radius 2 is 0.277 bits per heavy atom. The van der Waals surface area contributed by atoms with Gasteiger partial charge in [0.05, 0.1) is 138 Å². The molecule has 0 atom stereocenters. The summed E-state index contributed by atoms with van der Waals surface area (Å²) in [6.07, 6.45) is 37.4. The van der Waals surface area contributed by atoms with Crippen molar-refractivity contribution >= 4 is 342 Å². The lowest BCUT2D eigenvalue weighted by molar-refractivity contribution is 0.184. The zero-order valence-electron chi connectivity index (χ0n) is 75.1. The molecule has 12 aliphatic rings. The number of ether oxygens (including phenoxy) is 8. The van der Waals surface area contributed by atoms with E-state index in [9.17, 15) is 0 Å². The number of hydrogen-bond donors (Lipinski definition) is 0. The van der Waals surface area contributed by atoms with Crippen LogP contribution in [-0.4, -0.2) is 52.9 Å². The molecule has 0 fully saturated rings. The van der Waals surface area contributed by atoms with Gasteiger partial charge in [0, 0.05) is 20.9 Å². The monoisotopic (exact) mass is 2190 g/mol. The zero-order valence-corrected chi connectivity index (χ0v) is 94.7. The Hall–Kier alpha value is 0.300. The largest absolute Gasteiger partial charge is 0.483 e. The first kappa shape index (κ1) is 102. The molecule has 0 saturated carbocycles. The number of unbranched alkanes of at least 4 members (excludes halogenated alkanes) is 24. The molecule has 12 heterocycles. The van der Waals surface area contributed by atoms with E-state index in [0.29, 0.717) is 52.9 Å². The van der Waals surface area contributed by atoms with Crippen molar-refractivity contribution in [2.24, 2.45) is 0 Å². The molecule has 0 aliphatic carbocycles. The lowest BCUT2D eigenvalue weighted by Crippen LogP contribution is -2.21. The van der Waals surface area contributed by atoms with Crippen LogP contribution in [0.25, 0.3) is 60.0 Å². The maximum atomic E-state index is 6.66. The van der Waals surface area contributed by atoms with Crippen molar-refractivity contribution < 1.29 is 37.9 Å². The minimum absolute atomic E-state index is 0.716. The molecule has 698 valence electrons. The Labute approximate surface area is 873 Å². The lowest BCUT2D eigenvalue weighted by Gasteiger charge is -2.17. The summed E-state index contributed by atoms with van der Waals surface area (Å²) in [6.45, 7) is 23.9. The fourth-order valence-corrected chi connectivity index (χ4v) is 51.7. The summed E-state index contributed by atoms with van der Waals surface area (Å²) >= 11 is 45.8. The molecule has 0 aromatic heterocycles. The molecule has 0 radical (unpaired) electrons. The van der Waals surface area contributed by atoms with E-state index in [0.717, 1.165) is 92.1 Å². The van der Waals surface area contributed by atoms with Crippen LogP contribution in [0.5, 0.6) is 0 Å². The molecule has 0 saturated heterocycles. The van der Waals surface area contributed by atoms with E-state index in [2.05, 4.69) is 116 Å². The Kier molecular flexibility index (Phi) is 40.7. The highest BCUT2D eigenvalue weighted by Gasteiger charge is 2.43. The Bertz CT molecular complexity index is 4870. The first-order chi connectivity index (χ1) is 64.1. The van der Waals surface area contributed by atoms with Crippen LogP contribution in [0.3, 0.4) is 0 Å². The van der Waals surface area contributed by atoms with Gasteiger partial charge in [-0.2, -0.15) is 0 Å². The average molecular weight is 2190 g/mol. The molecule has 0 spiro atoms. The van der Waals surface area contributed by atoms with Gasteiger partial charge in [-0.05, 0) is 201 Å². The molecular formula is C98H114O8S24.